The van der Waals surface area contributed by atoms with E-state index in [1.165, 1.54) is 17.5 Å². The third kappa shape index (κ3) is 5.59. The summed E-state index contributed by atoms with van der Waals surface area (Å²) in [5.74, 6) is 0.362. The molecule has 1 unspecified atom stereocenters. The number of nitrogens with two attached hydrogens (primary N) is 1. The molecule has 0 radical (unpaired) electrons. The van der Waals surface area contributed by atoms with Gasteiger partial charge >= 0.3 is 0 Å². The molecule has 9 heteroatoms. The van der Waals surface area contributed by atoms with Crippen molar-refractivity contribution >= 4 is 28.3 Å². The molecule has 0 spiro atoms. The van der Waals surface area contributed by atoms with Crippen molar-refractivity contribution in [1.82, 2.24) is 9.21 Å². The average Bonchev–Trinajstić information content (AvgIpc) is 3.20. The lowest BCUT2D eigenvalue weighted by Gasteiger charge is -2.22. The molecule has 7 nitrogen and oxygen atoms in total. The van der Waals surface area contributed by atoms with Gasteiger partial charge in [0.2, 0.25) is 10.0 Å². The quantitative estimate of drug-likeness (QED) is 0.679. The molecule has 1 saturated heterocycles. The molecule has 1 aliphatic rings. The fraction of sp³-hybridized carbons (Fsp3) is 0.632. The Hall–Kier alpha value is -1.35. The second-order valence-electron chi connectivity index (χ2n) is 7.40. The zero-order valence-electron chi connectivity index (χ0n) is 17.1. The number of amides is 1. The summed E-state index contributed by atoms with van der Waals surface area (Å²) in [5, 5.41) is 0. The average molecular weight is 434 g/mol. The largest absolute Gasteiger partial charge is 0.495 e. The number of carbonyl (C=O) groups excluding carboxylic acids is 1. The Labute approximate surface area is 174 Å². The number of ether oxygens (including phenoxy) is 1. The van der Waals surface area contributed by atoms with Crippen molar-refractivity contribution in [1.29, 1.82) is 0 Å². The standard InChI is InChI=1S/C19H31N3O4S.ClH/c1-14(2)16(20)9-12-21(3)19(23)15-7-8-17(26-4)18(13-15)27(24,25)22-10-5-6-11-22;/h7-8,13-14,16H,5-6,9-12,20H2,1-4H3;1H. The summed E-state index contributed by atoms with van der Waals surface area (Å²) in [7, 11) is -0.550. The van der Waals surface area contributed by atoms with Crippen molar-refractivity contribution in [2.45, 2.75) is 44.0 Å². The van der Waals surface area contributed by atoms with E-state index in [1.54, 1.807) is 24.1 Å². The van der Waals surface area contributed by atoms with Gasteiger partial charge in [-0.25, -0.2) is 8.42 Å². The molecular formula is C19H32ClN3O4S. The highest BCUT2D eigenvalue weighted by atomic mass is 35.5. The fourth-order valence-corrected chi connectivity index (χ4v) is 4.78. The number of rotatable bonds is 8. The molecule has 28 heavy (non-hydrogen) atoms. The third-order valence-corrected chi connectivity index (χ3v) is 7.01. The van der Waals surface area contributed by atoms with Crippen LogP contribution >= 0.6 is 12.4 Å². The number of hydrogen-bond acceptors (Lipinski definition) is 5. The van der Waals surface area contributed by atoms with Crippen LogP contribution in [0.15, 0.2) is 23.1 Å². The van der Waals surface area contributed by atoms with Gasteiger partial charge < -0.3 is 15.4 Å². The SMILES string of the molecule is COc1ccc(C(=O)N(C)CCC(N)C(C)C)cc1S(=O)(=O)N1CCCC1.Cl. The Balaban J connectivity index is 0.00000392. The van der Waals surface area contributed by atoms with Crippen molar-refractivity contribution in [3.8, 4) is 5.75 Å². The number of nitrogens with zero attached hydrogens (tertiary/aromatic N) is 2. The number of halogens is 1. The molecule has 1 heterocycles. The van der Waals surface area contributed by atoms with Crippen molar-refractivity contribution in [3.05, 3.63) is 23.8 Å². The molecule has 0 aliphatic carbocycles. The highest BCUT2D eigenvalue weighted by Gasteiger charge is 2.31. The second-order valence-corrected chi connectivity index (χ2v) is 9.31. The van der Waals surface area contributed by atoms with Crippen LogP contribution in [0.2, 0.25) is 0 Å². The van der Waals surface area contributed by atoms with E-state index in [0.29, 0.717) is 37.5 Å². The minimum atomic E-state index is -3.68. The van der Waals surface area contributed by atoms with Gasteiger partial charge in [0, 0.05) is 38.3 Å². The van der Waals surface area contributed by atoms with Gasteiger partial charge in [-0.05, 0) is 43.4 Å². The van der Waals surface area contributed by atoms with Crippen molar-refractivity contribution in [2.75, 3.05) is 33.8 Å². The topological polar surface area (TPSA) is 92.9 Å². The lowest BCUT2D eigenvalue weighted by molar-refractivity contribution is 0.0789. The van der Waals surface area contributed by atoms with E-state index in [9.17, 15) is 13.2 Å². The summed E-state index contributed by atoms with van der Waals surface area (Å²) in [4.78, 5) is 14.4. The number of hydrogen-bond donors (Lipinski definition) is 1. The molecule has 1 aliphatic heterocycles. The van der Waals surface area contributed by atoms with Crippen LogP contribution in [-0.2, 0) is 10.0 Å². The molecule has 2 rings (SSSR count). The van der Waals surface area contributed by atoms with Crippen molar-refractivity contribution in [2.24, 2.45) is 11.7 Å². The minimum Gasteiger partial charge on any atom is -0.495 e. The second kappa shape index (κ2) is 10.4. The predicted molar refractivity (Wildman–Crippen MR) is 113 cm³/mol. The number of methoxy groups -OCH3 is 1. The van der Waals surface area contributed by atoms with Crippen molar-refractivity contribution < 1.29 is 17.9 Å². The Morgan fingerprint density at radius 2 is 1.89 bits per heavy atom. The maximum Gasteiger partial charge on any atom is 0.253 e. The Morgan fingerprint density at radius 1 is 1.29 bits per heavy atom. The van der Waals surface area contributed by atoms with Gasteiger partial charge in [-0.15, -0.1) is 12.4 Å². The lowest BCUT2D eigenvalue weighted by atomic mass is 10.0. The predicted octanol–water partition coefficient (Wildman–Crippen LogP) is 2.35. The summed E-state index contributed by atoms with van der Waals surface area (Å²) in [5.41, 5.74) is 6.38. The van der Waals surface area contributed by atoms with Gasteiger partial charge in [0.05, 0.1) is 7.11 Å². The van der Waals surface area contributed by atoms with Crippen LogP contribution < -0.4 is 10.5 Å². The van der Waals surface area contributed by atoms with Crippen LogP contribution in [0.25, 0.3) is 0 Å². The van der Waals surface area contributed by atoms with Crippen LogP contribution in [0.4, 0.5) is 0 Å². The van der Waals surface area contributed by atoms with E-state index in [4.69, 9.17) is 10.5 Å². The molecule has 1 aromatic carbocycles. The highest BCUT2D eigenvalue weighted by Crippen LogP contribution is 2.30. The van der Waals surface area contributed by atoms with Crippen LogP contribution in [0.5, 0.6) is 5.75 Å². The summed E-state index contributed by atoms with van der Waals surface area (Å²) < 4.78 is 32.6. The lowest BCUT2D eigenvalue weighted by Crippen LogP contribution is -2.35. The molecule has 0 aromatic heterocycles. The monoisotopic (exact) mass is 433 g/mol. The molecule has 1 amide bonds. The van der Waals surface area contributed by atoms with Crippen LogP contribution in [0, 0.1) is 5.92 Å². The van der Waals surface area contributed by atoms with Crippen LogP contribution in [0.1, 0.15) is 43.5 Å². The molecule has 0 saturated carbocycles. The molecule has 1 aromatic rings. The van der Waals surface area contributed by atoms with E-state index in [-0.39, 0.29) is 35.0 Å². The summed E-state index contributed by atoms with van der Waals surface area (Å²) in [6.07, 6.45) is 2.38. The van der Waals surface area contributed by atoms with E-state index in [2.05, 4.69) is 0 Å². The van der Waals surface area contributed by atoms with Crippen molar-refractivity contribution in [3.63, 3.8) is 0 Å². The molecule has 1 fully saturated rings. The fourth-order valence-electron chi connectivity index (χ4n) is 3.08. The Kier molecular flexibility index (Phi) is 9.20. The smallest absolute Gasteiger partial charge is 0.253 e. The van der Waals surface area contributed by atoms with Gasteiger partial charge in [-0.2, -0.15) is 4.31 Å². The summed E-state index contributed by atoms with van der Waals surface area (Å²) in [6, 6.07) is 4.59. The van der Waals surface area contributed by atoms with Gasteiger partial charge in [-0.3, -0.25) is 4.79 Å². The Morgan fingerprint density at radius 3 is 2.43 bits per heavy atom. The first-order chi connectivity index (χ1) is 12.7. The Bertz CT molecular complexity index is 764. The van der Waals surface area contributed by atoms with Gasteiger partial charge in [0.15, 0.2) is 0 Å². The highest BCUT2D eigenvalue weighted by molar-refractivity contribution is 7.89. The number of benzene rings is 1. The first-order valence-electron chi connectivity index (χ1n) is 9.37. The van der Waals surface area contributed by atoms with E-state index in [1.807, 2.05) is 13.8 Å². The summed E-state index contributed by atoms with van der Waals surface area (Å²) >= 11 is 0. The maximum absolute atomic E-state index is 13.0. The van der Waals surface area contributed by atoms with E-state index < -0.39 is 10.0 Å². The normalized spacial score (nSPS) is 15.9. The van der Waals surface area contributed by atoms with Gasteiger partial charge in [0.25, 0.3) is 5.91 Å². The zero-order chi connectivity index (χ0) is 20.2. The zero-order valence-corrected chi connectivity index (χ0v) is 18.7. The molecular weight excluding hydrogens is 402 g/mol. The van der Waals surface area contributed by atoms with E-state index in [0.717, 1.165) is 12.8 Å². The number of carbonyl (C=O) groups is 1. The first kappa shape index (κ1) is 24.7. The van der Waals surface area contributed by atoms with Crippen LogP contribution in [0.3, 0.4) is 0 Å². The molecule has 0 bridgehead atoms. The van der Waals surface area contributed by atoms with Gasteiger partial charge in [0.1, 0.15) is 10.6 Å². The third-order valence-electron chi connectivity index (χ3n) is 5.09. The maximum atomic E-state index is 13.0. The minimum absolute atomic E-state index is 0. The van der Waals surface area contributed by atoms with E-state index >= 15 is 0 Å². The van der Waals surface area contributed by atoms with Gasteiger partial charge in [-0.1, -0.05) is 13.8 Å². The molecule has 160 valence electrons. The number of sulfonamides is 1. The molecule has 2 N–H and O–H groups in total. The molecule has 1 atom stereocenters. The first-order valence-corrected chi connectivity index (χ1v) is 10.8. The summed E-state index contributed by atoms with van der Waals surface area (Å²) in [6.45, 7) is 5.60. The van der Waals surface area contributed by atoms with Crippen LogP contribution in [-0.4, -0.2) is 63.4 Å².